The van der Waals surface area contributed by atoms with Gasteiger partial charge in [-0.1, -0.05) is 12.1 Å². The summed E-state index contributed by atoms with van der Waals surface area (Å²) in [5.74, 6) is -0.198. The number of amides is 1. The number of rotatable bonds is 5. The number of piperidine rings is 1. The van der Waals surface area contributed by atoms with E-state index in [2.05, 4.69) is 0 Å². The maximum absolute atomic E-state index is 13.1. The Bertz CT molecular complexity index is 466. The number of carbonyl (C=O) groups is 1. The average Bonchev–Trinajstić information content (AvgIpc) is 2.53. The van der Waals surface area contributed by atoms with Crippen molar-refractivity contribution in [3.63, 3.8) is 0 Å². The Morgan fingerprint density at radius 1 is 1.41 bits per heavy atom. The number of hydrogen-bond donors (Lipinski definition) is 1. The van der Waals surface area contributed by atoms with Gasteiger partial charge in [0.15, 0.2) is 0 Å². The standard InChI is InChI=1S/C16H23FN2O2.ClH/c1-21-14(11-18)10-16(20)19-9-3-2-4-15(19)12-5-7-13(17)8-6-12;/h5-8,14-15H,2-4,9-11,18H2,1H3;1H. The van der Waals surface area contributed by atoms with E-state index in [1.165, 1.54) is 12.1 Å². The molecule has 1 heterocycles. The van der Waals surface area contributed by atoms with E-state index in [1.807, 2.05) is 4.90 Å². The first-order valence-electron chi connectivity index (χ1n) is 7.43. The van der Waals surface area contributed by atoms with Crippen molar-refractivity contribution in [2.45, 2.75) is 37.8 Å². The van der Waals surface area contributed by atoms with Crippen LogP contribution in [0, 0.1) is 5.82 Å². The van der Waals surface area contributed by atoms with Gasteiger partial charge >= 0.3 is 0 Å². The molecule has 1 aliphatic rings. The van der Waals surface area contributed by atoms with Crippen LogP contribution in [0.15, 0.2) is 24.3 Å². The number of halogens is 2. The SMILES string of the molecule is COC(CN)CC(=O)N1CCCCC1c1ccc(F)cc1.Cl. The van der Waals surface area contributed by atoms with E-state index in [1.54, 1.807) is 19.2 Å². The third-order valence-corrected chi connectivity index (χ3v) is 4.08. The summed E-state index contributed by atoms with van der Waals surface area (Å²) in [5, 5.41) is 0. The van der Waals surface area contributed by atoms with Crippen LogP contribution < -0.4 is 5.73 Å². The predicted molar refractivity (Wildman–Crippen MR) is 86.4 cm³/mol. The second-order valence-corrected chi connectivity index (χ2v) is 5.45. The fraction of sp³-hybridized carbons (Fsp3) is 0.562. The summed E-state index contributed by atoms with van der Waals surface area (Å²) in [4.78, 5) is 14.4. The van der Waals surface area contributed by atoms with Gasteiger partial charge in [-0.25, -0.2) is 4.39 Å². The smallest absolute Gasteiger partial charge is 0.225 e. The van der Waals surface area contributed by atoms with Gasteiger partial charge in [-0.05, 0) is 37.0 Å². The number of ether oxygens (including phenoxy) is 1. The third-order valence-electron chi connectivity index (χ3n) is 4.08. The molecule has 1 aromatic carbocycles. The fourth-order valence-electron chi connectivity index (χ4n) is 2.84. The van der Waals surface area contributed by atoms with Gasteiger partial charge in [-0.2, -0.15) is 0 Å². The molecule has 0 spiro atoms. The number of hydrogen-bond acceptors (Lipinski definition) is 3. The van der Waals surface area contributed by atoms with E-state index >= 15 is 0 Å². The van der Waals surface area contributed by atoms with Gasteiger partial charge in [0.25, 0.3) is 0 Å². The number of nitrogens with zero attached hydrogens (tertiary/aromatic N) is 1. The molecule has 0 bridgehead atoms. The number of likely N-dealkylation sites (tertiary alicyclic amines) is 1. The van der Waals surface area contributed by atoms with Crippen LogP contribution in [-0.4, -0.2) is 37.1 Å². The zero-order chi connectivity index (χ0) is 15.2. The third kappa shape index (κ3) is 4.66. The molecule has 2 atom stereocenters. The molecule has 0 aromatic heterocycles. The first-order chi connectivity index (χ1) is 10.2. The summed E-state index contributed by atoms with van der Waals surface area (Å²) in [6.45, 7) is 1.07. The second kappa shape index (κ2) is 9.08. The van der Waals surface area contributed by atoms with Crippen LogP contribution in [0.3, 0.4) is 0 Å². The average molecular weight is 331 g/mol. The normalized spacial score (nSPS) is 19.4. The molecular formula is C16H24ClFN2O2. The zero-order valence-corrected chi connectivity index (χ0v) is 13.7. The van der Waals surface area contributed by atoms with Gasteiger partial charge in [-0.15, -0.1) is 12.4 Å². The molecule has 2 rings (SSSR count). The Hall–Kier alpha value is -1.17. The summed E-state index contributed by atoms with van der Waals surface area (Å²) in [6, 6.07) is 6.46. The minimum Gasteiger partial charge on any atom is -0.380 e. The molecule has 1 fully saturated rings. The quantitative estimate of drug-likeness (QED) is 0.903. The highest BCUT2D eigenvalue weighted by Crippen LogP contribution is 2.31. The van der Waals surface area contributed by atoms with E-state index < -0.39 is 0 Å². The molecule has 0 radical (unpaired) electrons. The van der Waals surface area contributed by atoms with Crippen molar-refractivity contribution < 1.29 is 13.9 Å². The number of nitrogens with two attached hydrogens (primary N) is 1. The highest BCUT2D eigenvalue weighted by Gasteiger charge is 2.29. The Balaban J connectivity index is 0.00000242. The highest BCUT2D eigenvalue weighted by atomic mass is 35.5. The van der Waals surface area contributed by atoms with Crippen molar-refractivity contribution in [2.24, 2.45) is 5.73 Å². The first-order valence-corrected chi connectivity index (χ1v) is 7.43. The van der Waals surface area contributed by atoms with Crippen LogP contribution >= 0.6 is 12.4 Å². The van der Waals surface area contributed by atoms with Gasteiger partial charge < -0.3 is 15.4 Å². The summed E-state index contributed by atoms with van der Waals surface area (Å²) in [6.07, 6.45) is 3.05. The van der Waals surface area contributed by atoms with E-state index in [4.69, 9.17) is 10.5 Å². The Morgan fingerprint density at radius 3 is 2.68 bits per heavy atom. The number of carbonyl (C=O) groups excluding carboxylic acids is 1. The molecule has 1 amide bonds. The van der Waals surface area contributed by atoms with Gasteiger partial charge in [0.2, 0.25) is 5.91 Å². The molecule has 0 saturated carbocycles. The number of benzene rings is 1. The Morgan fingerprint density at radius 2 is 2.09 bits per heavy atom. The predicted octanol–water partition coefficient (Wildman–Crippen LogP) is 2.66. The molecule has 2 N–H and O–H groups in total. The minimum atomic E-state index is -0.255. The zero-order valence-electron chi connectivity index (χ0n) is 12.8. The monoisotopic (exact) mass is 330 g/mol. The van der Waals surface area contributed by atoms with Crippen molar-refractivity contribution in [1.82, 2.24) is 4.90 Å². The Labute approximate surface area is 137 Å². The molecule has 6 heteroatoms. The molecule has 1 aromatic rings. The van der Waals surface area contributed by atoms with E-state index in [0.717, 1.165) is 31.4 Å². The molecule has 124 valence electrons. The summed E-state index contributed by atoms with van der Waals surface area (Å²) in [5.41, 5.74) is 6.58. The lowest BCUT2D eigenvalue weighted by Gasteiger charge is -2.36. The van der Waals surface area contributed by atoms with Gasteiger partial charge in [-0.3, -0.25) is 4.79 Å². The second-order valence-electron chi connectivity index (χ2n) is 5.45. The highest BCUT2D eigenvalue weighted by molar-refractivity contribution is 5.85. The van der Waals surface area contributed by atoms with E-state index in [-0.39, 0.29) is 36.3 Å². The molecular weight excluding hydrogens is 307 g/mol. The molecule has 2 unspecified atom stereocenters. The maximum Gasteiger partial charge on any atom is 0.225 e. The largest absolute Gasteiger partial charge is 0.380 e. The topological polar surface area (TPSA) is 55.6 Å². The molecule has 1 saturated heterocycles. The van der Waals surface area contributed by atoms with Gasteiger partial charge in [0, 0.05) is 20.2 Å². The number of methoxy groups -OCH3 is 1. The first kappa shape index (κ1) is 18.9. The van der Waals surface area contributed by atoms with Crippen LogP contribution in [-0.2, 0) is 9.53 Å². The van der Waals surface area contributed by atoms with Crippen LogP contribution in [0.25, 0.3) is 0 Å². The fourth-order valence-corrected chi connectivity index (χ4v) is 2.84. The van der Waals surface area contributed by atoms with Crippen molar-refractivity contribution >= 4 is 18.3 Å². The maximum atomic E-state index is 13.1. The van der Waals surface area contributed by atoms with Gasteiger partial charge in [0.1, 0.15) is 5.82 Å². The molecule has 0 aliphatic carbocycles. The van der Waals surface area contributed by atoms with Crippen molar-refractivity contribution in [2.75, 3.05) is 20.2 Å². The molecule has 22 heavy (non-hydrogen) atoms. The lowest BCUT2D eigenvalue weighted by Crippen LogP contribution is -2.41. The van der Waals surface area contributed by atoms with Crippen molar-refractivity contribution in [1.29, 1.82) is 0 Å². The lowest BCUT2D eigenvalue weighted by atomic mass is 9.94. The Kier molecular flexibility index (Phi) is 7.79. The van der Waals surface area contributed by atoms with E-state index in [9.17, 15) is 9.18 Å². The summed E-state index contributed by atoms with van der Waals surface area (Å²) >= 11 is 0. The lowest BCUT2D eigenvalue weighted by molar-refractivity contribution is -0.137. The van der Waals surface area contributed by atoms with Crippen LogP contribution in [0.5, 0.6) is 0 Å². The van der Waals surface area contributed by atoms with Crippen LogP contribution in [0.4, 0.5) is 4.39 Å². The molecule has 4 nitrogen and oxygen atoms in total. The van der Waals surface area contributed by atoms with Crippen LogP contribution in [0.2, 0.25) is 0 Å². The van der Waals surface area contributed by atoms with Crippen molar-refractivity contribution in [3.05, 3.63) is 35.6 Å². The van der Waals surface area contributed by atoms with Gasteiger partial charge in [0.05, 0.1) is 18.6 Å². The van der Waals surface area contributed by atoms with E-state index in [0.29, 0.717) is 13.0 Å². The van der Waals surface area contributed by atoms with Crippen molar-refractivity contribution in [3.8, 4) is 0 Å². The molecule has 1 aliphatic heterocycles. The summed E-state index contributed by atoms with van der Waals surface area (Å²) in [7, 11) is 1.57. The summed E-state index contributed by atoms with van der Waals surface area (Å²) < 4.78 is 18.3. The minimum absolute atomic E-state index is 0. The van der Waals surface area contributed by atoms with Crippen LogP contribution in [0.1, 0.15) is 37.3 Å².